The third-order valence-electron chi connectivity index (χ3n) is 2.94. The molecule has 2 amide bonds. The number of hydrogen-bond acceptors (Lipinski definition) is 6. The first-order chi connectivity index (χ1) is 10.4. The van der Waals surface area contributed by atoms with Crippen LogP contribution in [0.15, 0.2) is 4.52 Å². The van der Waals surface area contributed by atoms with Crippen molar-refractivity contribution in [1.29, 1.82) is 0 Å². The maximum atomic E-state index is 12.1. The Hall–Kier alpha value is -2.12. The van der Waals surface area contributed by atoms with E-state index in [0.717, 1.165) is 0 Å². The Kier molecular flexibility index (Phi) is 7.34. The van der Waals surface area contributed by atoms with Crippen molar-refractivity contribution in [1.82, 2.24) is 20.8 Å². The van der Waals surface area contributed by atoms with Gasteiger partial charge in [0.2, 0.25) is 11.8 Å². The number of ether oxygens (including phenoxy) is 1. The van der Waals surface area contributed by atoms with E-state index in [1.165, 1.54) is 7.11 Å². The van der Waals surface area contributed by atoms with Crippen LogP contribution in [0.4, 0.5) is 4.79 Å². The van der Waals surface area contributed by atoms with Crippen molar-refractivity contribution >= 4 is 12.0 Å². The molecule has 22 heavy (non-hydrogen) atoms. The van der Waals surface area contributed by atoms with Gasteiger partial charge < -0.3 is 19.9 Å². The van der Waals surface area contributed by atoms with Gasteiger partial charge in [-0.15, -0.1) is 0 Å². The van der Waals surface area contributed by atoms with Gasteiger partial charge in [-0.2, -0.15) is 4.98 Å². The Balaban J connectivity index is 2.36. The van der Waals surface area contributed by atoms with Gasteiger partial charge in [-0.3, -0.25) is 4.79 Å². The molecule has 8 heteroatoms. The molecule has 1 unspecified atom stereocenters. The van der Waals surface area contributed by atoms with Crippen molar-refractivity contribution in [2.75, 3.05) is 13.7 Å². The van der Waals surface area contributed by atoms with Gasteiger partial charge in [0.05, 0.1) is 7.11 Å². The Morgan fingerprint density at radius 2 is 2.09 bits per heavy atom. The van der Waals surface area contributed by atoms with Crippen molar-refractivity contribution in [2.24, 2.45) is 5.92 Å². The van der Waals surface area contributed by atoms with E-state index in [-0.39, 0.29) is 11.8 Å². The number of hydrogen-bond donors (Lipinski definition) is 2. The highest BCUT2D eigenvalue weighted by Gasteiger charge is 2.21. The van der Waals surface area contributed by atoms with E-state index in [4.69, 9.17) is 4.52 Å². The minimum absolute atomic E-state index is 0.221. The fourth-order valence-corrected chi connectivity index (χ4v) is 1.92. The van der Waals surface area contributed by atoms with Crippen molar-refractivity contribution in [2.45, 2.75) is 46.1 Å². The minimum Gasteiger partial charge on any atom is -0.453 e. The predicted octanol–water partition coefficient (Wildman–Crippen LogP) is 1.20. The first-order valence-corrected chi connectivity index (χ1v) is 7.33. The quantitative estimate of drug-likeness (QED) is 0.699. The van der Waals surface area contributed by atoms with E-state index in [0.29, 0.717) is 37.5 Å². The number of nitrogens with zero attached hydrogens (tertiary/aromatic N) is 2. The van der Waals surface area contributed by atoms with E-state index < -0.39 is 12.1 Å². The zero-order valence-electron chi connectivity index (χ0n) is 13.5. The Morgan fingerprint density at radius 1 is 1.36 bits per heavy atom. The predicted molar refractivity (Wildman–Crippen MR) is 79.1 cm³/mol. The highest BCUT2D eigenvalue weighted by molar-refractivity contribution is 5.85. The van der Waals surface area contributed by atoms with Crippen molar-refractivity contribution in [3.05, 3.63) is 11.7 Å². The molecule has 1 rings (SSSR count). The average Bonchev–Trinajstić information content (AvgIpc) is 2.87. The number of rotatable bonds is 8. The van der Waals surface area contributed by atoms with Gasteiger partial charge in [-0.25, -0.2) is 4.79 Å². The molecule has 0 fully saturated rings. The number of methoxy groups -OCH3 is 1. The van der Waals surface area contributed by atoms with Gasteiger partial charge in [-0.05, 0) is 25.7 Å². The van der Waals surface area contributed by atoms with Crippen LogP contribution < -0.4 is 10.6 Å². The highest BCUT2D eigenvalue weighted by atomic mass is 16.5. The number of carbonyl (C=O) groups is 2. The van der Waals surface area contributed by atoms with Crippen LogP contribution in [0.1, 0.15) is 38.4 Å². The van der Waals surface area contributed by atoms with Crippen LogP contribution in [-0.2, 0) is 16.0 Å². The summed E-state index contributed by atoms with van der Waals surface area (Å²) in [7, 11) is 1.27. The topological polar surface area (TPSA) is 106 Å². The van der Waals surface area contributed by atoms with E-state index in [1.807, 2.05) is 13.8 Å². The zero-order valence-corrected chi connectivity index (χ0v) is 13.5. The number of carbonyl (C=O) groups excluding carboxylic acids is 2. The van der Waals surface area contributed by atoms with Gasteiger partial charge in [0.25, 0.3) is 0 Å². The maximum Gasteiger partial charge on any atom is 0.407 e. The molecule has 1 aromatic heterocycles. The van der Waals surface area contributed by atoms with E-state index in [1.54, 1.807) is 6.92 Å². The molecule has 0 aliphatic carbocycles. The van der Waals surface area contributed by atoms with Crippen molar-refractivity contribution in [3.63, 3.8) is 0 Å². The summed E-state index contributed by atoms with van der Waals surface area (Å²) in [5.41, 5.74) is 0. The third-order valence-corrected chi connectivity index (χ3v) is 2.94. The molecule has 8 nitrogen and oxygen atoms in total. The summed E-state index contributed by atoms with van der Waals surface area (Å²) in [6, 6.07) is -0.599. The minimum atomic E-state index is -0.609. The molecule has 0 radical (unpaired) electrons. The summed E-state index contributed by atoms with van der Waals surface area (Å²) in [5.74, 6) is 1.20. The molecule has 1 atom stereocenters. The van der Waals surface area contributed by atoms with Gasteiger partial charge in [0.1, 0.15) is 6.04 Å². The summed E-state index contributed by atoms with van der Waals surface area (Å²) in [6.07, 6.45) is 1.21. The van der Waals surface area contributed by atoms with E-state index in [9.17, 15) is 9.59 Å². The lowest BCUT2D eigenvalue weighted by Crippen LogP contribution is -2.47. The molecule has 0 aromatic carbocycles. The van der Waals surface area contributed by atoms with Gasteiger partial charge in [-0.1, -0.05) is 19.0 Å². The largest absolute Gasteiger partial charge is 0.453 e. The van der Waals surface area contributed by atoms with Crippen LogP contribution >= 0.6 is 0 Å². The molecule has 1 heterocycles. The number of alkyl carbamates (subject to hydrolysis) is 1. The SMILES string of the molecule is COC(=O)NC(CC(C)C)C(=O)NCCCc1nc(C)no1. The van der Waals surface area contributed by atoms with E-state index >= 15 is 0 Å². The summed E-state index contributed by atoms with van der Waals surface area (Å²) in [5, 5.41) is 9.04. The molecule has 0 spiro atoms. The maximum absolute atomic E-state index is 12.1. The molecule has 0 aliphatic heterocycles. The second-order valence-electron chi connectivity index (χ2n) is 5.45. The standard InChI is InChI=1S/C14H24N4O4/c1-9(2)8-11(17-14(20)21-4)13(19)15-7-5-6-12-16-10(3)18-22-12/h9,11H,5-8H2,1-4H3,(H,15,19)(H,17,20). The normalized spacial score (nSPS) is 12.0. The molecular formula is C14H24N4O4. The fraction of sp³-hybridized carbons (Fsp3) is 0.714. The summed E-state index contributed by atoms with van der Waals surface area (Å²) >= 11 is 0. The molecule has 2 N–H and O–H groups in total. The van der Waals surface area contributed by atoms with Crippen LogP contribution in [0.3, 0.4) is 0 Å². The van der Waals surface area contributed by atoms with Gasteiger partial charge in [0, 0.05) is 13.0 Å². The summed E-state index contributed by atoms with van der Waals surface area (Å²) in [6.45, 7) is 6.19. The Labute approximate surface area is 130 Å². The number of nitrogens with one attached hydrogen (secondary N) is 2. The smallest absolute Gasteiger partial charge is 0.407 e. The lowest BCUT2D eigenvalue weighted by molar-refractivity contribution is -0.123. The second kappa shape index (κ2) is 9.01. The average molecular weight is 312 g/mol. The zero-order chi connectivity index (χ0) is 16.5. The van der Waals surface area contributed by atoms with Crippen LogP contribution in [0.2, 0.25) is 0 Å². The van der Waals surface area contributed by atoms with Gasteiger partial charge >= 0.3 is 6.09 Å². The van der Waals surface area contributed by atoms with Crippen LogP contribution in [-0.4, -0.2) is 41.8 Å². The lowest BCUT2D eigenvalue weighted by Gasteiger charge is -2.19. The van der Waals surface area contributed by atoms with Crippen LogP contribution in [0.25, 0.3) is 0 Å². The van der Waals surface area contributed by atoms with Crippen LogP contribution in [0, 0.1) is 12.8 Å². The molecule has 0 saturated carbocycles. The molecule has 1 aromatic rings. The molecule has 0 aliphatic rings. The Morgan fingerprint density at radius 3 is 2.64 bits per heavy atom. The summed E-state index contributed by atoms with van der Waals surface area (Å²) in [4.78, 5) is 27.5. The monoisotopic (exact) mass is 312 g/mol. The summed E-state index contributed by atoms with van der Waals surface area (Å²) < 4.78 is 9.53. The molecule has 0 saturated heterocycles. The molecule has 0 bridgehead atoms. The Bertz CT molecular complexity index is 487. The number of amides is 2. The van der Waals surface area contributed by atoms with E-state index in [2.05, 4.69) is 25.5 Å². The number of aryl methyl sites for hydroxylation is 2. The van der Waals surface area contributed by atoms with Crippen molar-refractivity contribution < 1.29 is 18.8 Å². The lowest BCUT2D eigenvalue weighted by atomic mass is 10.0. The first-order valence-electron chi connectivity index (χ1n) is 7.33. The third kappa shape index (κ3) is 6.55. The second-order valence-corrected chi connectivity index (χ2v) is 5.45. The number of aromatic nitrogens is 2. The van der Waals surface area contributed by atoms with Gasteiger partial charge in [0.15, 0.2) is 5.82 Å². The molecular weight excluding hydrogens is 288 g/mol. The van der Waals surface area contributed by atoms with Crippen LogP contribution in [0.5, 0.6) is 0 Å². The highest BCUT2D eigenvalue weighted by Crippen LogP contribution is 2.05. The fourth-order valence-electron chi connectivity index (χ4n) is 1.92. The first kappa shape index (κ1) is 17.9. The molecule has 124 valence electrons. The van der Waals surface area contributed by atoms with Crippen molar-refractivity contribution in [3.8, 4) is 0 Å².